The van der Waals surface area contributed by atoms with E-state index in [1.165, 1.54) is 33.8 Å². The van der Waals surface area contributed by atoms with Crippen LogP contribution in [0.1, 0.15) is 33.8 Å². The van der Waals surface area contributed by atoms with E-state index in [1.54, 1.807) is 0 Å². The SMILES string of the molecule is Cn1ccc2c1Cc1ccn(C)c1Cc1ccn(C)c1C2. The molecule has 3 aromatic heterocycles. The molecule has 108 valence electrons. The second-order valence-corrected chi connectivity index (χ2v) is 6.23. The molecule has 0 aliphatic heterocycles. The minimum absolute atomic E-state index is 1.03. The van der Waals surface area contributed by atoms with Gasteiger partial charge in [-0.3, -0.25) is 0 Å². The van der Waals surface area contributed by atoms with Gasteiger partial charge in [-0.1, -0.05) is 0 Å². The Morgan fingerprint density at radius 3 is 1.14 bits per heavy atom. The highest BCUT2D eigenvalue weighted by Crippen LogP contribution is 2.28. The Hall–Kier alpha value is -2.16. The zero-order valence-corrected chi connectivity index (χ0v) is 12.9. The van der Waals surface area contributed by atoms with Crippen molar-refractivity contribution in [3.05, 3.63) is 70.6 Å². The van der Waals surface area contributed by atoms with Crippen LogP contribution in [0, 0.1) is 0 Å². The third-order valence-corrected chi connectivity index (χ3v) is 4.96. The maximum atomic E-state index is 2.28. The fourth-order valence-electron chi connectivity index (χ4n) is 3.58. The van der Waals surface area contributed by atoms with Crippen molar-refractivity contribution in [2.75, 3.05) is 0 Å². The molecule has 3 heterocycles. The molecule has 21 heavy (non-hydrogen) atoms. The van der Waals surface area contributed by atoms with Gasteiger partial charge in [-0.2, -0.15) is 0 Å². The highest BCUT2D eigenvalue weighted by atomic mass is 15.0. The lowest BCUT2D eigenvalue weighted by Crippen LogP contribution is -2.02. The molecule has 0 N–H and O–H groups in total. The smallest absolute Gasteiger partial charge is 0.0252 e. The maximum Gasteiger partial charge on any atom is 0.0252 e. The molecule has 0 radical (unpaired) electrons. The summed E-state index contributed by atoms with van der Waals surface area (Å²) in [5.41, 5.74) is 8.69. The monoisotopic (exact) mass is 279 g/mol. The molecule has 0 unspecified atom stereocenters. The number of fused-ring (bicyclic) bond motifs is 3. The van der Waals surface area contributed by atoms with Crippen molar-refractivity contribution < 1.29 is 0 Å². The average Bonchev–Trinajstić information content (AvgIpc) is 3.09. The Morgan fingerprint density at radius 2 is 0.857 bits per heavy atom. The van der Waals surface area contributed by atoms with Crippen LogP contribution in [0.2, 0.25) is 0 Å². The lowest BCUT2D eigenvalue weighted by Gasteiger charge is -2.08. The van der Waals surface area contributed by atoms with Gasteiger partial charge in [-0.15, -0.1) is 0 Å². The van der Waals surface area contributed by atoms with Crippen LogP contribution in [0.5, 0.6) is 0 Å². The molecule has 0 saturated heterocycles. The lowest BCUT2D eigenvalue weighted by atomic mass is 10.1. The van der Waals surface area contributed by atoms with Crippen molar-refractivity contribution in [1.29, 1.82) is 0 Å². The van der Waals surface area contributed by atoms with E-state index in [4.69, 9.17) is 0 Å². The van der Waals surface area contributed by atoms with Crippen molar-refractivity contribution in [2.45, 2.75) is 19.3 Å². The van der Waals surface area contributed by atoms with E-state index < -0.39 is 0 Å². The van der Waals surface area contributed by atoms with E-state index in [-0.39, 0.29) is 0 Å². The summed E-state index contributed by atoms with van der Waals surface area (Å²) in [6.45, 7) is 0. The van der Waals surface area contributed by atoms with Gasteiger partial charge in [-0.05, 0) is 34.9 Å². The van der Waals surface area contributed by atoms with Gasteiger partial charge in [0.15, 0.2) is 0 Å². The molecule has 0 spiro atoms. The molecule has 1 aliphatic carbocycles. The molecule has 4 rings (SSSR count). The molecule has 0 fully saturated rings. The summed E-state index contributed by atoms with van der Waals surface area (Å²) < 4.78 is 6.83. The predicted molar refractivity (Wildman–Crippen MR) is 84.7 cm³/mol. The quantitative estimate of drug-likeness (QED) is 0.470. The first-order valence-electron chi connectivity index (χ1n) is 7.52. The molecule has 0 aromatic carbocycles. The molecule has 3 aromatic rings. The average molecular weight is 279 g/mol. The number of rotatable bonds is 0. The summed E-state index contributed by atoms with van der Waals surface area (Å²) in [5.74, 6) is 0. The highest BCUT2D eigenvalue weighted by molar-refractivity contribution is 5.41. The fourth-order valence-corrected chi connectivity index (χ4v) is 3.58. The van der Waals surface area contributed by atoms with Crippen LogP contribution in [0.4, 0.5) is 0 Å². The topological polar surface area (TPSA) is 14.8 Å². The standard InChI is InChI=1S/C18H21N3/c1-19-7-4-13-11-17-15(6-9-20(17)2)12-18-14(10-16(13)19)5-8-21(18)3/h4-9H,10-12H2,1-3H3. The van der Waals surface area contributed by atoms with Crippen LogP contribution in [0.15, 0.2) is 36.8 Å². The lowest BCUT2D eigenvalue weighted by molar-refractivity contribution is 0.818. The highest BCUT2D eigenvalue weighted by Gasteiger charge is 2.19. The van der Waals surface area contributed by atoms with Gasteiger partial charge in [0.25, 0.3) is 0 Å². The summed E-state index contributed by atoms with van der Waals surface area (Å²) in [5, 5.41) is 0. The van der Waals surface area contributed by atoms with Crippen molar-refractivity contribution in [1.82, 2.24) is 13.7 Å². The summed E-state index contributed by atoms with van der Waals surface area (Å²) >= 11 is 0. The van der Waals surface area contributed by atoms with Crippen LogP contribution >= 0.6 is 0 Å². The normalized spacial score (nSPS) is 13.9. The zero-order valence-electron chi connectivity index (χ0n) is 12.9. The third-order valence-electron chi connectivity index (χ3n) is 4.96. The minimum Gasteiger partial charge on any atom is -0.354 e. The number of aryl methyl sites for hydroxylation is 3. The summed E-state index contributed by atoms with van der Waals surface area (Å²) in [4.78, 5) is 0. The second-order valence-electron chi connectivity index (χ2n) is 6.23. The Kier molecular flexibility index (Phi) is 2.64. The van der Waals surface area contributed by atoms with Crippen LogP contribution in [-0.4, -0.2) is 13.7 Å². The summed E-state index contributed by atoms with van der Waals surface area (Å²) in [7, 11) is 6.47. The fraction of sp³-hybridized carbons (Fsp3) is 0.333. The Balaban J connectivity index is 1.97. The first-order valence-corrected chi connectivity index (χ1v) is 7.52. The first kappa shape index (κ1) is 12.6. The Morgan fingerprint density at radius 1 is 0.571 bits per heavy atom. The Bertz CT molecular complexity index is 704. The van der Waals surface area contributed by atoms with Gasteiger partial charge in [0.2, 0.25) is 0 Å². The molecule has 3 nitrogen and oxygen atoms in total. The van der Waals surface area contributed by atoms with Crippen molar-refractivity contribution in [2.24, 2.45) is 21.1 Å². The van der Waals surface area contributed by atoms with Gasteiger partial charge in [-0.25, -0.2) is 0 Å². The van der Waals surface area contributed by atoms with E-state index >= 15 is 0 Å². The minimum atomic E-state index is 1.03. The van der Waals surface area contributed by atoms with E-state index in [9.17, 15) is 0 Å². The summed E-state index contributed by atoms with van der Waals surface area (Å²) in [6.07, 6.45) is 9.67. The Labute approximate surface area is 125 Å². The third kappa shape index (κ3) is 1.88. The first-order chi connectivity index (χ1) is 10.1. The molecular weight excluding hydrogens is 258 g/mol. The van der Waals surface area contributed by atoms with Gasteiger partial charge in [0.1, 0.15) is 0 Å². The zero-order chi connectivity index (χ0) is 14.6. The van der Waals surface area contributed by atoms with Gasteiger partial charge in [0.05, 0.1) is 0 Å². The van der Waals surface area contributed by atoms with Crippen molar-refractivity contribution >= 4 is 0 Å². The maximum absolute atomic E-state index is 2.28. The molecule has 3 heteroatoms. The van der Waals surface area contributed by atoms with Gasteiger partial charge in [0, 0.05) is 76.1 Å². The molecule has 0 saturated carbocycles. The van der Waals surface area contributed by atoms with Crippen LogP contribution in [-0.2, 0) is 40.4 Å². The van der Waals surface area contributed by atoms with E-state index in [0.717, 1.165) is 19.3 Å². The van der Waals surface area contributed by atoms with Gasteiger partial charge >= 0.3 is 0 Å². The molecule has 0 bridgehead atoms. The molecular formula is C18H21N3. The van der Waals surface area contributed by atoms with Crippen LogP contribution in [0.25, 0.3) is 0 Å². The number of nitrogens with zero attached hydrogens (tertiary/aromatic N) is 3. The largest absolute Gasteiger partial charge is 0.354 e. The van der Waals surface area contributed by atoms with Crippen LogP contribution in [0.3, 0.4) is 0 Å². The summed E-state index contributed by atoms with van der Waals surface area (Å²) in [6, 6.07) is 6.83. The molecule has 0 amide bonds. The molecule has 1 aliphatic rings. The number of hydrogen-bond donors (Lipinski definition) is 0. The predicted octanol–water partition coefficient (Wildman–Crippen LogP) is 2.79. The number of hydrogen-bond acceptors (Lipinski definition) is 0. The van der Waals surface area contributed by atoms with E-state index in [0.29, 0.717) is 0 Å². The van der Waals surface area contributed by atoms with Crippen molar-refractivity contribution in [3.63, 3.8) is 0 Å². The van der Waals surface area contributed by atoms with Crippen LogP contribution < -0.4 is 0 Å². The number of aromatic nitrogens is 3. The van der Waals surface area contributed by atoms with E-state index in [1.807, 2.05) is 0 Å². The molecule has 0 atom stereocenters. The van der Waals surface area contributed by atoms with Gasteiger partial charge < -0.3 is 13.7 Å². The second kappa shape index (κ2) is 4.42. The van der Waals surface area contributed by atoms with E-state index in [2.05, 4.69) is 71.6 Å². The van der Waals surface area contributed by atoms with Crippen molar-refractivity contribution in [3.8, 4) is 0 Å².